The number of amides is 2. The first-order valence-electron chi connectivity index (χ1n) is 18.4. The van der Waals surface area contributed by atoms with Gasteiger partial charge in [0.2, 0.25) is 5.91 Å². The Balaban J connectivity index is 1.17. The second-order valence-corrected chi connectivity index (χ2v) is 14.0. The first kappa shape index (κ1) is 33.3. The van der Waals surface area contributed by atoms with E-state index in [9.17, 15) is 9.59 Å². The predicted molar refractivity (Wildman–Crippen MR) is 196 cm³/mol. The fourth-order valence-electron chi connectivity index (χ4n) is 8.58. The monoisotopic (exact) mass is 659 g/mol. The molecule has 2 heterocycles. The summed E-state index contributed by atoms with van der Waals surface area (Å²) >= 11 is 0. The molecule has 7 nitrogen and oxygen atoms in total. The van der Waals surface area contributed by atoms with E-state index in [1.54, 1.807) is 4.90 Å². The first-order chi connectivity index (χ1) is 24.0. The number of hydrogen-bond donors (Lipinski definition) is 1. The van der Waals surface area contributed by atoms with Crippen molar-refractivity contribution in [2.75, 3.05) is 25.6 Å². The average Bonchev–Trinajstić information content (AvgIpc) is 3.71. The summed E-state index contributed by atoms with van der Waals surface area (Å²) < 4.78 is 2.50. The van der Waals surface area contributed by atoms with Gasteiger partial charge in [-0.25, -0.2) is 9.78 Å². The normalized spacial score (nSPS) is 17.5. The SMILES string of the molecule is CCOOC/C=C/c1ccc(NC(=O)C2(N(C)C(=O)c3ccc4c(C5CCCCC5)c5n(c4c3)CCCc3ccccc3-5)CCCC2)cc1. The van der Waals surface area contributed by atoms with Crippen LogP contribution in [0.5, 0.6) is 0 Å². The lowest BCUT2D eigenvalue weighted by atomic mass is 9.81. The van der Waals surface area contributed by atoms with E-state index in [1.165, 1.54) is 59.9 Å². The third kappa shape index (κ3) is 6.59. The van der Waals surface area contributed by atoms with E-state index < -0.39 is 5.54 Å². The minimum absolute atomic E-state index is 0.0995. The fourth-order valence-corrected chi connectivity index (χ4v) is 8.58. The van der Waals surface area contributed by atoms with Gasteiger partial charge in [-0.2, -0.15) is 0 Å². The number of rotatable bonds is 10. The Labute approximate surface area is 290 Å². The highest BCUT2D eigenvalue weighted by atomic mass is 17.2. The van der Waals surface area contributed by atoms with E-state index in [1.807, 2.05) is 56.5 Å². The molecule has 0 atom stereocenters. The molecule has 1 aromatic heterocycles. The van der Waals surface area contributed by atoms with Gasteiger partial charge in [0.15, 0.2) is 0 Å². The van der Waals surface area contributed by atoms with Crippen molar-refractivity contribution in [1.82, 2.24) is 9.47 Å². The lowest BCUT2D eigenvalue weighted by Crippen LogP contribution is -2.55. The van der Waals surface area contributed by atoms with Crippen molar-refractivity contribution < 1.29 is 19.4 Å². The smallest absolute Gasteiger partial charge is 0.254 e. The van der Waals surface area contributed by atoms with Gasteiger partial charge in [0.1, 0.15) is 12.1 Å². The van der Waals surface area contributed by atoms with Crippen LogP contribution in [0.1, 0.15) is 104 Å². The van der Waals surface area contributed by atoms with Crippen molar-refractivity contribution in [3.05, 3.63) is 95.1 Å². The number of carbonyl (C=O) groups is 2. The molecule has 3 aliphatic rings. The largest absolute Gasteiger partial charge is 0.340 e. The molecular formula is C42H49N3O4. The third-order valence-electron chi connectivity index (χ3n) is 11.1. The number of anilines is 1. The first-order valence-corrected chi connectivity index (χ1v) is 18.4. The lowest BCUT2D eigenvalue weighted by Gasteiger charge is -2.37. The Hall–Kier alpha value is -4.20. The Morgan fingerprint density at radius 1 is 0.939 bits per heavy atom. The summed E-state index contributed by atoms with van der Waals surface area (Å²) in [6.45, 7) is 3.68. The van der Waals surface area contributed by atoms with Crippen LogP contribution < -0.4 is 5.32 Å². The van der Waals surface area contributed by atoms with Crippen molar-refractivity contribution in [2.45, 2.75) is 95.6 Å². The Bertz CT molecular complexity index is 1830. The minimum atomic E-state index is -0.899. The summed E-state index contributed by atoms with van der Waals surface area (Å²) in [6, 6.07) is 22.9. The van der Waals surface area contributed by atoms with Crippen LogP contribution in [0.25, 0.3) is 28.2 Å². The highest BCUT2D eigenvalue weighted by Gasteiger charge is 2.47. The number of fused-ring (bicyclic) bond motifs is 5. The molecule has 49 heavy (non-hydrogen) atoms. The van der Waals surface area contributed by atoms with Crippen LogP contribution in [-0.2, 0) is 27.5 Å². The molecule has 0 spiro atoms. The van der Waals surface area contributed by atoms with Crippen molar-refractivity contribution in [3.63, 3.8) is 0 Å². The minimum Gasteiger partial charge on any atom is -0.340 e. The zero-order chi connectivity index (χ0) is 33.8. The summed E-state index contributed by atoms with van der Waals surface area (Å²) in [6.07, 6.45) is 15.4. The zero-order valence-electron chi connectivity index (χ0n) is 29.0. The standard InChI is InChI=1S/C42H49N3O4/c1-3-48-49-28-12-13-30-19-22-34(23-20-30)43-41(47)42(25-9-10-26-42)44(2)40(46)33-21-24-36-37(29-33)45-27-11-17-31-14-7-8-18-35(31)39(45)38(36)32-15-5-4-6-16-32/h7-8,12-14,18-24,29,32H,3-6,9-11,15-17,25-28H2,1-2H3,(H,43,47)/b13-12+. The van der Waals surface area contributed by atoms with Gasteiger partial charge >= 0.3 is 0 Å². The summed E-state index contributed by atoms with van der Waals surface area (Å²) in [5, 5.41) is 4.43. The van der Waals surface area contributed by atoms with Crippen molar-refractivity contribution in [2.24, 2.45) is 0 Å². The number of nitrogens with one attached hydrogen (secondary N) is 1. The molecule has 2 aliphatic carbocycles. The van der Waals surface area contributed by atoms with Gasteiger partial charge in [0.25, 0.3) is 5.91 Å². The molecule has 3 aromatic carbocycles. The molecule has 7 rings (SSSR count). The van der Waals surface area contributed by atoms with Crippen molar-refractivity contribution in [1.29, 1.82) is 0 Å². The number of hydrogen-bond acceptors (Lipinski definition) is 4. The van der Waals surface area contributed by atoms with Crippen LogP contribution in [0.4, 0.5) is 5.69 Å². The van der Waals surface area contributed by atoms with E-state index in [4.69, 9.17) is 9.78 Å². The quantitative estimate of drug-likeness (QED) is 0.105. The Morgan fingerprint density at radius 2 is 1.71 bits per heavy atom. The van der Waals surface area contributed by atoms with E-state index in [0.29, 0.717) is 43.2 Å². The topological polar surface area (TPSA) is 72.8 Å². The molecule has 2 amide bonds. The Kier molecular flexibility index (Phi) is 10.0. The van der Waals surface area contributed by atoms with Gasteiger partial charge in [-0.05, 0) is 92.3 Å². The highest BCUT2D eigenvalue weighted by Crippen LogP contribution is 2.46. The van der Waals surface area contributed by atoms with Gasteiger partial charge in [-0.3, -0.25) is 9.59 Å². The number of aryl methyl sites for hydroxylation is 2. The molecule has 7 heteroatoms. The second-order valence-electron chi connectivity index (χ2n) is 14.0. The van der Waals surface area contributed by atoms with E-state index in [2.05, 4.69) is 46.3 Å². The number of aromatic nitrogens is 1. The van der Waals surface area contributed by atoms with Crippen LogP contribution in [0.3, 0.4) is 0 Å². The van der Waals surface area contributed by atoms with Crippen LogP contribution in [0.2, 0.25) is 0 Å². The molecule has 0 radical (unpaired) electrons. The van der Waals surface area contributed by atoms with E-state index >= 15 is 0 Å². The summed E-state index contributed by atoms with van der Waals surface area (Å²) in [5.41, 5.74) is 8.21. The number of carbonyl (C=O) groups excluding carboxylic acids is 2. The van der Waals surface area contributed by atoms with Crippen molar-refractivity contribution >= 4 is 34.5 Å². The number of nitrogens with zero attached hydrogens (tertiary/aromatic N) is 2. The molecular weight excluding hydrogens is 610 g/mol. The molecule has 0 bridgehead atoms. The van der Waals surface area contributed by atoms with Crippen LogP contribution >= 0.6 is 0 Å². The fraction of sp³-hybridized carbons (Fsp3) is 0.429. The van der Waals surface area contributed by atoms with Crippen molar-refractivity contribution in [3.8, 4) is 11.3 Å². The molecule has 4 aromatic rings. The highest BCUT2D eigenvalue weighted by molar-refractivity contribution is 6.06. The lowest BCUT2D eigenvalue weighted by molar-refractivity contribution is -0.282. The molecule has 1 N–H and O–H groups in total. The number of likely N-dealkylation sites (N-methyl/N-ethyl adjacent to an activating group) is 1. The summed E-state index contributed by atoms with van der Waals surface area (Å²) in [7, 11) is 1.82. The van der Waals surface area contributed by atoms with Gasteiger partial charge in [-0.15, -0.1) is 0 Å². The third-order valence-corrected chi connectivity index (χ3v) is 11.1. The second kappa shape index (κ2) is 14.7. The van der Waals surface area contributed by atoms with Gasteiger partial charge in [-0.1, -0.05) is 86.7 Å². The van der Waals surface area contributed by atoms with Crippen LogP contribution in [0.15, 0.2) is 72.8 Å². The molecule has 2 saturated carbocycles. The molecule has 256 valence electrons. The maximum atomic E-state index is 14.4. The Morgan fingerprint density at radius 3 is 2.49 bits per heavy atom. The van der Waals surface area contributed by atoms with E-state index in [0.717, 1.165) is 43.3 Å². The van der Waals surface area contributed by atoms with Gasteiger partial charge in [0, 0.05) is 41.3 Å². The number of benzene rings is 3. The van der Waals surface area contributed by atoms with Crippen LogP contribution in [-0.4, -0.2) is 47.1 Å². The predicted octanol–water partition coefficient (Wildman–Crippen LogP) is 9.31. The molecule has 1 aliphatic heterocycles. The summed E-state index contributed by atoms with van der Waals surface area (Å²) in [5.74, 6) is 0.313. The zero-order valence-corrected chi connectivity index (χ0v) is 29.0. The molecule has 0 saturated heterocycles. The summed E-state index contributed by atoms with van der Waals surface area (Å²) in [4.78, 5) is 40.1. The molecule has 2 fully saturated rings. The average molecular weight is 660 g/mol. The maximum Gasteiger partial charge on any atom is 0.254 e. The van der Waals surface area contributed by atoms with Crippen LogP contribution in [0, 0.1) is 0 Å². The maximum absolute atomic E-state index is 14.4. The van der Waals surface area contributed by atoms with E-state index in [-0.39, 0.29) is 11.8 Å². The van der Waals surface area contributed by atoms with Gasteiger partial charge in [0.05, 0.1) is 12.3 Å². The molecule has 0 unspecified atom stereocenters. The van der Waals surface area contributed by atoms with Gasteiger partial charge < -0.3 is 14.8 Å².